The van der Waals surface area contributed by atoms with E-state index in [1.54, 1.807) is 0 Å². The van der Waals surface area contributed by atoms with E-state index in [4.69, 9.17) is 0 Å². The van der Waals surface area contributed by atoms with Crippen LogP contribution in [-0.2, 0) is 5.41 Å². The highest BCUT2D eigenvalue weighted by atomic mass is 15.1. The Kier molecular flexibility index (Phi) is 8.20. The molecule has 0 atom stereocenters. The van der Waals surface area contributed by atoms with Crippen LogP contribution >= 0.6 is 0 Å². The van der Waals surface area contributed by atoms with E-state index in [2.05, 4.69) is 254 Å². The average Bonchev–Trinajstić information content (AvgIpc) is 3.60. The summed E-state index contributed by atoms with van der Waals surface area (Å²) in [6.07, 6.45) is 0. The molecule has 64 heavy (non-hydrogen) atoms. The molecule has 0 saturated carbocycles. The van der Waals surface area contributed by atoms with Gasteiger partial charge in [-0.3, -0.25) is 0 Å². The molecule has 13 rings (SSSR count). The summed E-state index contributed by atoms with van der Waals surface area (Å²) in [4.78, 5) is 2.44. The van der Waals surface area contributed by atoms with Crippen molar-refractivity contribution in [3.63, 3.8) is 0 Å². The molecule has 0 N–H and O–H groups in total. The molecular formula is C63H41N. The minimum atomic E-state index is -0.573. The molecule has 0 radical (unpaired) electrons. The van der Waals surface area contributed by atoms with Crippen LogP contribution < -0.4 is 4.90 Å². The van der Waals surface area contributed by atoms with E-state index in [0.29, 0.717) is 0 Å². The fraction of sp³-hybridized carbons (Fsp3) is 0.0159. The van der Waals surface area contributed by atoms with Crippen LogP contribution in [0.1, 0.15) is 22.3 Å². The van der Waals surface area contributed by atoms with E-state index in [1.165, 1.54) is 99.4 Å². The number of fused-ring (bicyclic) bond motifs is 14. The number of anilines is 3. The first kappa shape index (κ1) is 36.4. The first-order chi connectivity index (χ1) is 31.8. The molecule has 2 aliphatic rings. The Balaban J connectivity index is 1.04. The Morgan fingerprint density at radius 2 is 0.578 bits per heavy atom. The SMILES string of the molecule is c1ccc2c(c1)-c1ccccc1C1(c3ccccc3-2)c2ccccc2-c2ccc(N(c3ccc(-c4cccc5ccccc45)cc3)c3ccc(-c4cccc5ccccc45)cc3)cc21. The lowest BCUT2D eigenvalue weighted by atomic mass is 9.66. The molecule has 0 amide bonds. The van der Waals surface area contributed by atoms with E-state index in [-0.39, 0.29) is 0 Å². The van der Waals surface area contributed by atoms with Crippen LogP contribution in [0.15, 0.2) is 249 Å². The highest BCUT2D eigenvalue weighted by molar-refractivity contribution is 6.00. The summed E-state index contributed by atoms with van der Waals surface area (Å²) in [6.45, 7) is 0. The number of nitrogens with zero attached hydrogens (tertiary/aromatic N) is 1. The highest BCUT2D eigenvalue weighted by Gasteiger charge is 2.49. The Morgan fingerprint density at radius 3 is 1.06 bits per heavy atom. The van der Waals surface area contributed by atoms with E-state index in [9.17, 15) is 0 Å². The summed E-state index contributed by atoms with van der Waals surface area (Å²) in [5.41, 5.74) is 20.5. The molecule has 0 heterocycles. The smallest absolute Gasteiger partial charge is 0.0726 e. The van der Waals surface area contributed by atoms with E-state index in [0.717, 1.165) is 17.1 Å². The lowest BCUT2D eigenvalue weighted by Gasteiger charge is -2.36. The summed E-state index contributed by atoms with van der Waals surface area (Å²) < 4.78 is 0. The second-order valence-corrected chi connectivity index (χ2v) is 17.1. The Bertz CT molecular complexity index is 3410. The third-order valence-electron chi connectivity index (χ3n) is 13.9. The monoisotopic (exact) mass is 811 g/mol. The van der Waals surface area contributed by atoms with Gasteiger partial charge in [-0.2, -0.15) is 0 Å². The third-order valence-corrected chi connectivity index (χ3v) is 13.9. The van der Waals surface area contributed by atoms with Crippen LogP contribution in [-0.4, -0.2) is 0 Å². The molecule has 0 aliphatic heterocycles. The van der Waals surface area contributed by atoms with Gasteiger partial charge in [0.15, 0.2) is 0 Å². The van der Waals surface area contributed by atoms with Gasteiger partial charge in [-0.25, -0.2) is 0 Å². The zero-order valence-corrected chi connectivity index (χ0v) is 35.1. The third kappa shape index (κ3) is 5.38. The van der Waals surface area contributed by atoms with Crippen LogP contribution in [0.4, 0.5) is 17.1 Å². The first-order valence-electron chi connectivity index (χ1n) is 22.3. The number of benzene rings is 11. The van der Waals surface area contributed by atoms with Crippen molar-refractivity contribution >= 4 is 38.6 Å². The number of hydrogen-bond donors (Lipinski definition) is 0. The fourth-order valence-electron chi connectivity index (χ4n) is 11.2. The van der Waals surface area contributed by atoms with Crippen LogP contribution in [0.3, 0.4) is 0 Å². The van der Waals surface area contributed by atoms with Gasteiger partial charge in [0.25, 0.3) is 0 Å². The van der Waals surface area contributed by atoms with Gasteiger partial charge >= 0.3 is 0 Å². The number of hydrogen-bond acceptors (Lipinski definition) is 1. The first-order valence-corrected chi connectivity index (χ1v) is 22.3. The molecule has 0 saturated heterocycles. The molecule has 1 heteroatoms. The largest absolute Gasteiger partial charge is 0.310 e. The molecule has 11 aromatic rings. The normalized spacial score (nSPS) is 12.8. The molecule has 2 aliphatic carbocycles. The van der Waals surface area contributed by atoms with Crippen molar-refractivity contribution in [2.45, 2.75) is 5.41 Å². The molecule has 0 fully saturated rings. The number of rotatable bonds is 5. The van der Waals surface area contributed by atoms with Gasteiger partial charge in [0.2, 0.25) is 0 Å². The second-order valence-electron chi connectivity index (χ2n) is 17.1. The van der Waals surface area contributed by atoms with Crippen molar-refractivity contribution in [3.05, 3.63) is 271 Å². The molecule has 298 valence electrons. The van der Waals surface area contributed by atoms with Crippen molar-refractivity contribution in [2.24, 2.45) is 0 Å². The van der Waals surface area contributed by atoms with Crippen molar-refractivity contribution < 1.29 is 0 Å². The van der Waals surface area contributed by atoms with E-state index < -0.39 is 5.41 Å². The lowest BCUT2D eigenvalue weighted by molar-refractivity contribution is 0.775. The summed E-state index contributed by atoms with van der Waals surface area (Å²) in [5, 5.41) is 5.01. The highest BCUT2D eigenvalue weighted by Crippen LogP contribution is 2.62. The predicted molar refractivity (Wildman–Crippen MR) is 269 cm³/mol. The fourth-order valence-corrected chi connectivity index (χ4v) is 11.2. The molecule has 0 unspecified atom stereocenters. The molecule has 1 spiro atoms. The molecule has 0 bridgehead atoms. The van der Waals surface area contributed by atoms with Crippen LogP contribution in [0.5, 0.6) is 0 Å². The zero-order valence-electron chi connectivity index (χ0n) is 35.1. The summed E-state index contributed by atoms with van der Waals surface area (Å²) in [6, 6.07) is 92.3. The Hall–Kier alpha value is -8.26. The van der Waals surface area contributed by atoms with Crippen LogP contribution in [0.2, 0.25) is 0 Å². The Morgan fingerprint density at radius 1 is 0.234 bits per heavy atom. The zero-order chi connectivity index (χ0) is 42.2. The maximum Gasteiger partial charge on any atom is 0.0726 e. The standard InChI is InChI=1S/C63H41N/c1-3-19-49-42(15-1)17-13-26-51(49)44-31-35-46(36-32-44)64(47-37-33-45(34-38-47)52-27-14-18-43-16-2-4-20-50(43)52)48-39-40-58-57-25-9-12-30-61(57)63(62(58)41-48)59-28-10-7-23-55(59)53-21-5-6-22-54(53)56-24-8-11-29-60(56)63/h1-41H. The maximum absolute atomic E-state index is 2.50. The van der Waals surface area contributed by atoms with Crippen LogP contribution in [0.25, 0.3) is 77.2 Å². The summed E-state index contributed by atoms with van der Waals surface area (Å²) in [5.74, 6) is 0. The van der Waals surface area contributed by atoms with Gasteiger partial charge in [0.1, 0.15) is 0 Å². The molecular weight excluding hydrogens is 771 g/mol. The average molecular weight is 812 g/mol. The van der Waals surface area contributed by atoms with Gasteiger partial charge in [-0.1, -0.05) is 212 Å². The minimum absolute atomic E-state index is 0.573. The predicted octanol–water partition coefficient (Wildman–Crippen LogP) is 16.8. The summed E-state index contributed by atoms with van der Waals surface area (Å²) in [7, 11) is 0. The molecule has 1 nitrogen and oxygen atoms in total. The molecule has 11 aromatic carbocycles. The maximum atomic E-state index is 2.50. The topological polar surface area (TPSA) is 3.24 Å². The van der Waals surface area contributed by atoms with Crippen molar-refractivity contribution in [2.75, 3.05) is 4.90 Å². The second kappa shape index (κ2) is 14.4. The van der Waals surface area contributed by atoms with Gasteiger partial charge in [-0.05, 0) is 136 Å². The van der Waals surface area contributed by atoms with Gasteiger partial charge in [0, 0.05) is 17.1 Å². The minimum Gasteiger partial charge on any atom is -0.310 e. The van der Waals surface area contributed by atoms with Gasteiger partial charge in [0.05, 0.1) is 5.41 Å². The van der Waals surface area contributed by atoms with E-state index >= 15 is 0 Å². The van der Waals surface area contributed by atoms with Crippen molar-refractivity contribution in [3.8, 4) is 55.6 Å². The van der Waals surface area contributed by atoms with Gasteiger partial charge < -0.3 is 4.90 Å². The van der Waals surface area contributed by atoms with Crippen molar-refractivity contribution in [1.29, 1.82) is 0 Å². The van der Waals surface area contributed by atoms with E-state index in [1.807, 2.05) is 0 Å². The summed E-state index contributed by atoms with van der Waals surface area (Å²) >= 11 is 0. The molecule has 0 aromatic heterocycles. The van der Waals surface area contributed by atoms with Crippen molar-refractivity contribution in [1.82, 2.24) is 0 Å². The lowest BCUT2D eigenvalue weighted by Crippen LogP contribution is -2.29. The Labute approximate surface area is 373 Å². The van der Waals surface area contributed by atoms with Gasteiger partial charge in [-0.15, -0.1) is 0 Å². The quantitative estimate of drug-likeness (QED) is 0.167. The van der Waals surface area contributed by atoms with Crippen LogP contribution in [0, 0.1) is 0 Å².